The van der Waals surface area contributed by atoms with Crippen LogP contribution >= 0.6 is 0 Å². The van der Waals surface area contributed by atoms with Gasteiger partial charge in [0.1, 0.15) is 0 Å². The van der Waals surface area contributed by atoms with Crippen LogP contribution in [0.5, 0.6) is 0 Å². The van der Waals surface area contributed by atoms with Gasteiger partial charge in [-0.2, -0.15) is 0 Å². The second-order valence-electron chi connectivity index (χ2n) is 10.8. The van der Waals surface area contributed by atoms with Gasteiger partial charge in [-0.3, -0.25) is 0 Å². The summed E-state index contributed by atoms with van der Waals surface area (Å²) in [7, 11) is 0. The van der Waals surface area contributed by atoms with E-state index in [9.17, 15) is 2.74 Å². The Morgan fingerprint density at radius 3 is 2.18 bits per heavy atom. The van der Waals surface area contributed by atoms with Gasteiger partial charge in [-0.05, 0) is 100 Å². The third-order valence-corrected chi connectivity index (χ3v) is 8.54. The molecule has 0 aliphatic heterocycles. The molecule has 0 amide bonds. The zero-order valence-electron chi connectivity index (χ0n) is 32.2. The first kappa shape index (κ1) is 13.4. The van der Waals surface area contributed by atoms with Gasteiger partial charge >= 0.3 is 0 Å². The van der Waals surface area contributed by atoms with Crippen LogP contribution in [0.2, 0.25) is 0 Å². The molecule has 2 aliphatic carbocycles. The maximum absolute atomic E-state index is 9.49. The van der Waals surface area contributed by atoms with Crippen LogP contribution in [0.15, 0.2) is 121 Å². The molecule has 0 bridgehead atoms. The fourth-order valence-electron chi connectivity index (χ4n) is 6.80. The van der Waals surface area contributed by atoms with Crippen LogP contribution in [0.4, 0.5) is 0 Å². The van der Waals surface area contributed by atoms with Gasteiger partial charge in [0.2, 0.25) is 0 Å². The highest BCUT2D eigenvalue weighted by atomic mass is 14.4. The minimum absolute atomic E-state index is 0.0614. The van der Waals surface area contributed by atoms with Gasteiger partial charge in [-0.25, -0.2) is 0 Å². The summed E-state index contributed by atoms with van der Waals surface area (Å²) in [6, 6.07) is 13.6. The summed E-state index contributed by atoms with van der Waals surface area (Å²) < 4.78 is 97.9. The number of fused-ring (bicyclic) bond motifs is 6. The van der Waals surface area contributed by atoms with Crippen LogP contribution in [-0.4, -0.2) is 0 Å². The molecule has 0 saturated heterocycles. The second-order valence-corrected chi connectivity index (χ2v) is 10.8. The highest BCUT2D eigenvalue weighted by Crippen LogP contribution is 2.55. The summed E-state index contributed by atoms with van der Waals surface area (Å²) in [5, 5.41) is 2.27. The average molecular weight is 506 g/mol. The van der Waals surface area contributed by atoms with Gasteiger partial charge in [0.15, 0.2) is 0 Å². The first-order valence-electron chi connectivity index (χ1n) is 18.5. The summed E-state index contributed by atoms with van der Waals surface area (Å²) in [5.74, 6) is 0. The monoisotopic (exact) mass is 505 g/mol. The Labute approximate surface area is 243 Å². The predicted octanol–water partition coefficient (Wildman–Crippen LogP) is 10.8. The molecule has 0 spiro atoms. The third-order valence-electron chi connectivity index (χ3n) is 8.54. The lowest BCUT2D eigenvalue weighted by atomic mass is 9.68. The quantitative estimate of drug-likeness (QED) is 0.208. The fourth-order valence-corrected chi connectivity index (χ4v) is 6.80. The number of benzene rings is 7. The largest absolute Gasteiger partial charge is 0.0636 e. The highest BCUT2D eigenvalue weighted by Gasteiger charge is 2.34. The van der Waals surface area contributed by atoms with Crippen molar-refractivity contribution in [1.82, 2.24) is 0 Å². The molecule has 0 atom stereocenters. The van der Waals surface area contributed by atoms with E-state index in [1.165, 1.54) is 5.56 Å². The van der Waals surface area contributed by atoms with Crippen LogP contribution < -0.4 is 0 Å². The standard InChI is InChI=1S/C39H26/c1-39(2)33-20-19-26(22-31(33)28-15-6-12-24-13-8-18-34(39)36(24)28)37-27-14-4-3-9-25(27)21-32-29-16-5-10-23-11-7-17-30(35(23)29)38(32)37/h3-22H,1-2H3/i3D,4D,5D,7D,9D,10D,11D,14D,16D,17D,21D. The van der Waals surface area contributed by atoms with Crippen molar-refractivity contribution < 1.29 is 15.1 Å². The SMILES string of the molecule is [2H]c1c([2H])c([2H])c2c(-c3ccc4c(c3)-c3cccc5cccc(c35)C4(C)C)c3c(c([2H])c2c1[2H])-c1c([2H])c([2H])c([2H])c2c([2H])c([2H])c([2H])c-3c12. The van der Waals surface area contributed by atoms with Gasteiger partial charge in [0.05, 0.1) is 15.1 Å². The van der Waals surface area contributed by atoms with E-state index < -0.39 is 47.7 Å². The number of hydrogen-bond donors (Lipinski definition) is 0. The predicted molar refractivity (Wildman–Crippen MR) is 166 cm³/mol. The van der Waals surface area contributed by atoms with Crippen molar-refractivity contribution in [3.63, 3.8) is 0 Å². The van der Waals surface area contributed by atoms with Crippen LogP contribution in [-0.2, 0) is 5.41 Å². The third kappa shape index (κ3) is 2.64. The molecule has 0 nitrogen and oxygen atoms in total. The summed E-state index contributed by atoms with van der Waals surface area (Å²) >= 11 is 0. The molecule has 7 aromatic carbocycles. The Morgan fingerprint density at radius 1 is 0.538 bits per heavy atom. The Bertz CT molecular complexity index is 2780. The molecule has 39 heavy (non-hydrogen) atoms. The van der Waals surface area contributed by atoms with Crippen LogP contribution in [0, 0.1) is 0 Å². The summed E-state index contributed by atoms with van der Waals surface area (Å²) in [4.78, 5) is 0. The van der Waals surface area contributed by atoms with E-state index in [0.717, 1.165) is 27.5 Å². The Kier molecular flexibility index (Phi) is 2.49. The summed E-state index contributed by atoms with van der Waals surface area (Å²) in [6.07, 6.45) is 0. The molecular weight excluding hydrogens is 468 g/mol. The first-order valence-corrected chi connectivity index (χ1v) is 13.0. The Hall–Kier alpha value is -4.68. The maximum Gasteiger partial charge on any atom is 0.0636 e. The molecule has 0 saturated carbocycles. The van der Waals surface area contributed by atoms with Gasteiger partial charge in [-0.15, -0.1) is 0 Å². The summed E-state index contributed by atoms with van der Waals surface area (Å²) in [6.45, 7) is 4.33. The van der Waals surface area contributed by atoms with Gasteiger partial charge in [0, 0.05) is 5.41 Å². The number of hydrogen-bond acceptors (Lipinski definition) is 0. The molecule has 7 aromatic rings. The van der Waals surface area contributed by atoms with Gasteiger partial charge in [-0.1, -0.05) is 123 Å². The van der Waals surface area contributed by atoms with E-state index in [1.807, 2.05) is 24.3 Å². The Balaban J connectivity index is 1.53. The molecule has 0 unspecified atom stereocenters. The molecule has 182 valence electrons. The zero-order valence-corrected chi connectivity index (χ0v) is 21.2. The van der Waals surface area contributed by atoms with E-state index in [1.54, 1.807) is 0 Å². The van der Waals surface area contributed by atoms with Crippen molar-refractivity contribution in [2.24, 2.45) is 0 Å². The van der Waals surface area contributed by atoms with E-state index in [2.05, 4.69) is 44.2 Å². The van der Waals surface area contributed by atoms with E-state index >= 15 is 0 Å². The van der Waals surface area contributed by atoms with Gasteiger partial charge < -0.3 is 0 Å². The van der Waals surface area contributed by atoms with E-state index in [0.29, 0.717) is 11.1 Å². The lowest BCUT2D eigenvalue weighted by Gasteiger charge is -2.35. The molecule has 9 rings (SSSR count). The van der Waals surface area contributed by atoms with E-state index in [4.69, 9.17) is 12.3 Å². The summed E-state index contributed by atoms with van der Waals surface area (Å²) in [5.41, 5.74) is 5.14. The van der Waals surface area contributed by atoms with Crippen molar-refractivity contribution in [1.29, 1.82) is 0 Å². The van der Waals surface area contributed by atoms with Crippen molar-refractivity contribution in [3.05, 3.63) is 132 Å². The average Bonchev–Trinajstić information content (AvgIpc) is 3.46. The molecular formula is C39H26. The van der Waals surface area contributed by atoms with Crippen LogP contribution in [0.1, 0.15) is 40.1 Å². The van der Waals surface area contributed by atoms with Crippen molar-refractivity contribution in [2.45, 2.75) is 19.3 Å². The molecule has 0 aromatic heterocycles. The molecule has 2 aliphatic rings. The van der Waals surface area contributed by atoms with Crippen molar-refractivity contribution >= 4 is 32.3 Å². The Morgan fingerprint density at radius 2 is 1.31 bits per heavy atom. The zero-order chi connectivity index (χ0) is 35.5. The fraction of sp³-hybridized carbons (Fsp3) is 0.0769. The lowest BCUT2D eigenvalue weighted by Crippen LogP contribution is -2.23. The van der Waals surface area contributed by atoms with Gasteiger partial charge in [0.25, 0.3) is 0 Å². The number of rotatable bonds is 1. The van der Waals surface area contributed by atoms with Crippen LogP contribution in [0.25, 0.3) is 76.8 Å². The molecule has 0 N–H and O–H groups in total. The second kappa shape index (κ2) is 7.24. The first-order chi connectivity index (χ1) is 23.7. The van der Waals surface area contributed by atoms with E-state index in [-0.39, 0.29) is 68.0 Å². The smallest absolute Gasteiger partial charge is 0.0616 e. The minimum atomic E-state index is -0.519. The lowest BCUT2D eigenvalue weighted by molar-refractivity contribution is 0.645. The molecule has 0 heterocycles. The topological polar surface area (TPSA) is 0 Å². The van der Waals surface area contributed by atoms with Crippen LogP contribution in [0.3, 0.4) is 0 Å². The molecule has 0 heteroatoms. The molecule has 0 radical (unpaired) electrons. The van der Waals surface area contributed by atoms with Crippen molar-refractivity contribution in [2.75, 3.05) is 0 Å². The maximum atomic E-state index is 9.49. The normalized spacial score (nSPS) is 18.1. The minimum Gasteiger partial charge on any atom is -0.0616 e. The molecule has 0 fully saturated rings. The van der Waals surface area contributed by atoms with Crippen molar-refractivity contribution in [3.8, 4) is 44.5 Å². The highest BCUT2D eigenvalue weighted by molar-refractivity contribution is 6.22.